The first kappa shape index (κ1) is 7.73. The molecule has 3 atom stereocenters. The SMILES string of the molecule is O=C1CC[C@@H]2[C@@H]1CN[C@H]2C(=O)O. The van der Waals surface area contributed by atoms with Crippen LogP contribution in [0.2, 0.25) is 0 Å². The van der Waals surface area contributed by atoms with Crippen LogP contribution in [0.3, 0.4) is 0 Å². The molecule has 2 N–H and O–H groups in total. The van der Waals surface area contributed by atoms with E-state index < -0.39 is 12.0 Å². The molecule has 12 heavy (non-hydrogen) atoms. The lowest BCUT2D eigenvalue weighted by Gasteiger charge is -2.11. The number of carboxylic acid groups (broad SMARTS) is 1. The van der Waals surface area contributed by atoms with E-state index in [0.29, 0.717) is 13.0 Å². The summed E-state index contributed by atoms with van der Waals surface area (Å²) in [5, 5.41) is 11.6. The molecular weight excluding hydrogens is 158 g/mol. The van der Waals surface area contributed by atoms with E-state index in [2.05, 4.69) is 5.32 Å². The summed E-state index contributed by atoms with van der Waals surface area (Å²) in [4.78, 5) is 21.9. The predicted molar refractivity (Wildman–Crippen MR) is 40.6 cm³/mol. The summed E-state index contributed by atoms with van der Waals surface area (Å²) in [5.41, 5.74) is 0. The van der Waals surface area contributed by atoms with E-state index in [0.717, 1.165) is 6.42 Å². The minimum absolute atomic E-state index is 0.0221. The summed E-state index contributed by atoms with van der Waals surface area (Å²) in [7, 11) is 0. The molecule has 0 radical (unpaired) electrons. The van der Waals surface area contributed by atoms with Crippen molar-refractivity contribution in [1.82, 2.24) is 5.32 Å². The maximum Gasteiger partial charge on any atom is 0.321 e. The van der Waals surface area contributed by atoms with E-state index in [-0.39, 0.29) is 17.6 Å². The molecule has 0 aromatic rings. The lowest BCUT2D eigenvalue weighted by Crippen LogP contribution is -2.35. The Kier molecular flexibility index (Phi) is 1.65. The van der Waals surface area contributed by atoms with E-state index in [9.17, 15) is 9.59 Å². The first-order valence-electron chi connectivity index (χ1n) is 4.19. The van der Waals surface area contributed by atoms with Gasteiger partial charge in [-0.3, -0.25) is 9.59 Å². The second kappa shape index (κ2) is 2.55. The van der Waals surface area contributed by atoms with Crippen molar-refractivity contribution in [3.05, 3.63) is 0 Å². The van der Waals surface area contributed by atoms with Crippen molar-refractivity contribution in [3.8, 4) is 0 Å². The third-order valence-electron chi connectivity index (χ3n) is 2.91. The number of hydrogen-bond donors (Lipinski definition) is 2. The van der Waals surface area contributed by atoms with Gasteiger partial charge in [-0.05, 0) is 12.3 Å². The Morgan fingerprint density at radius 1 is 1.58 bits per heavy atom. The van der Waals surface area contributed by atoms with E-state index >= 15 is 0 Å². The van der Waals surface area contributed by atoms with Crippen LogP contribution < -0.4 is 5.32 Å². The molecule has 0 amide bonds. The predicted octanol–water partition coefficient (Wildman–Crippen LogP) is -0.362. The van der Waals surface area contributed by atoms with Crippen LogP contribution >= 0.6 is 0 Å². The number of rotatable bonds is 1. The lowest BCUT2D eigenvalue weighted by molar-refractivity contribution is -0.140. The molecule has 0 spiro atoms. The number of ketones is 1. The molecule has 1 aliphatic heterocycles. The van der Waals surface area contributed by atoms with Crippen molar-refractivity contribution in [3.63, 3.8) is 0 Å². The average Bonchev–Trinajstić information content (AvgIpc) is 2.53. The number of nitrogens with one attached hydrogen (secondary N) is 1. The zero-order valence-electron chi connectivity index (χ0n) is 6.62. The molecule has 1 saturated carbocycles. The van der Waals surface area contributed by atoms with Crippen LogP contribution in [0, 0.1) is 11.8 Å². The highest BCUT2D eigenvalue weighted by Crippen LogP contribution is 2.35. The number of carboxylic acids is 1. The van der Waals surface area contributed by atoms with E-state index in [4.69, 9.17) is 5.11 Å². The molecule has 0 aromatic heterocycles. The molecule has 1 heterocycles. The van der Waals surface area contributed by atoms with Crippen molar-refractivity contribution < 1.29 is 14.7 Å². The largest absolute Gasteiger partial charge is 0.480 e. The molecule has 2 aliphatic rings. The standard InChI is InChI=1S/C8H11NO3/c10-6-2-1-4-5(6)3-9-7(4)8(11)12/h4-5,7,9H,1-3H2,(H,11,12)/t4-,5+,7-/m1/s1. The zero-order valence-corrected chi connectivity index (χ0v) is 6.62. The molecule has 1 saturated heterocycles. The van der Waals surface area contributed by atoms with E-state index in [1.54, 1.807) is 0 Å². The fourth-order valence-corrected chi connectivity index (χ4v) is 2.27. The maximum atomic E-state index is 11.2. The van der Waals surface area contributed by atoms with Crippen LogP contribution in [0.1, 0.15) is 12.8 Å². The smallest absolute Gasteiger partial charge is 0.321 e. The van der Waals surface area contributed by atoms with Crippen LogP contribution in [-0.2, 0) is 9.59 Å². The van der Waals surface area contributed by atoms with E-state index in [1.165, 1.54) is 0 Å². The van der Waals surface area contributed by atoms with Crippen LogP contribution in [0.25, 0.3) is 0 Å². The van der Waals surface area contributed by atoms with Gasteiger partial charge in [-0.1, -0.05) is 0 Å². The van der Waals surface area contributed by atoms with Gasteiger partial charge in [0.15, 0.2) is 0 Å². The van der Waals surface area contributed by atoms with Crippen molar-refractivity contribution in [1.29, 1.82) is 0 Å². The summed E-state index contributed by atoms with van der Waals surface area (Å²) in [6.07, 6.45) is 1.31. The molecule has 0 bridgehead atoms. The van der Waals surface area contributed by atoms with Gasteiger partial charge in [-0.2, -0.15) is 0 Å². The van der Waals surface area contributed by atoms with Crippen LogP contribution in [0.4, 0.5) is 0 Å². The van der Waals surface area contributed by atoms with Gasteiger partial charge < -0.3 is 10.4 Å². The summed E-state index contributed by atoms with van der Waals surface area (Å²) in [6.45, 7) is 0.556. The van der Waals surface area contributed by atoms with Gasteiger partial charge in [0, 0.05) is 18.9 Å². The third kappa shape index (κ3) is 0.948. The number of carbonyl (C=O) groups is 2. The van der Waals surface area contributed by atoms with Crippen LogP contribution in [-0.4, -0.2) is 29.4 Å². The number of fused-ring (bicyclic) bond motifs is 1. The van der Waals surface area contributed by atoms with Crippen LogP contribution in [0.15, 0.2) is 0 Å². The molecule has 4 heteroatoms. The normalized spacial score (nSPS) is 40.0. The van der Waals surface area contributed by atoms with Crippen LogP contribution in [0.5, 0.6) is 0 Å². The summed E-state index contributed by atoms with van der Waals surface area (Å²) in [6, 6.07) is -0.485. The molecule has 2 rings (SSSR count). The van der Waals surface area contributed by atoms with Gasteiger partial charge in [0.2, 0.25) is 0 Å². The van der Waals surface area contributed by atoms with Crippen molar-refractivity contribution >= 4 is 11.8 Å². The lowest BCUT2D eigenvalue weighted by atomic mass is 9.94. The molecule has 4 nitrogen and oxygen atoms in total. The molecule has 0 aromatic carbocycles. The highest BCUT2D eigenvalue weighted by atomic mass is 16.4. The second-order valence-corrected chi connectivity index (χ2v) is 3.50. The first-order valence-corrected chi connectivity index (χ1v) is 4.19. The summed E-state index contributed by atoms with van der Waals surface area (Å²) in [5.74, 6) is -0.561. The van der Waals surface area contributed by atoms with Crippen molar-refractivity contribution in [2.24, 2.45) is 11.8 Å². The van der Waals surface area contributed by atoms with Gasteiger partial charge in [0.25, 0.3) is 0 Å². The van der Waals surface area contributed by atoms with Crippen molar-refractivity contribution in [2.45, 2.75) is 18.9 Å². The average molecular weight is 169 g/mol. The van der Waals surface area contributed by atoms with Gasteiger partial charge in [-0.15, -0.1) is 0 Å². The molecule has 2 fully saturated rings. The molecular formula is C8H11NO3. The van der Waals surface area contributed by atoms with Gasteiger partial charge in [-0.25, -0.2) is 0 Å². The Labute approximate surface area is 69.9 Å². The Morgan fingerprint density at radius 3 is 3.00 bits per heavy atom. The number of carbonyl (C=O) groups excluding carboxylic acids is 1. The van der Waals surface area contributed by atoms with Gasteiger partial charge in [0.1, 0.15) is 11.8 Å². The van der Waals surface area contributed by atoms with Gasteiger partial charge >= 0.3 is 5.97 Å². The Bertz CT molecular complexity index is 238. The zero-order chi connectivity index (χ0) is 8.72. The molecule has 1 aliphatic carbocycles. The quantitative estimate of drug-likeness (QED) is 0.562. The van der Waals surface area contributed by atoms with Crippen molar-refractivity contribution in [2.75, 3.05) is 6.54 Å². The highest BCUT2D eigenvalue weighted by molar-refractivity contribution is 5.86. The fourth-order valence-electron chi connectivity index (χ4n) is 2.27. The maximum absolute atomic E-state index is 11.2. The van der Waals surface area contributed by atoms with Gasteiger partial charge in [0.05, 0.1) is 0 Å². The number of aliphatic carboxylic acids is 1. The fraction of sp³-hybridized carbons (Fsp3) is 0.750. The Morgan fingerprint density at radius 2 is 2.33 bits per heavy atom. The van der Waals surface area contributed by atoms with E-state index in [1.807, 2.05) is 0 Å². The third-order valence-corrected chi connectivity index (χ3v) is 2.91. The molecule has 66 valence electrons. The Hall–Kier alpha value is -0.900. The molecule has 0 unspecified atom stereocenters. The summed E-state index contributed by atoms with van der Waals surface area (Å²) >= 11 is 0. The minimum atomic E-state index is -0.822. The summed E-state index contributed by atoms with van der Waals surface area (Å²) < 4.78 is 0. The minimum Gasteiger partial charge on any atom is -0.480 e. The number of hydrogen-bond acceptors (Lipinski definition) is 3. The Balaban J connectivity index is 2.15. The number of Topliss-reactive ketones (excluding diaryl/α,β-unsaturated/α-hetero) is 1. The second-order valence-electron chi connectivity index (χ2n) is 3.50. The highest BCUT2D eigenvalue weighted by Gasteiger charge is 2.46. The first-order chi connectivity index (χ1) is 5.70. The topological polar surface area (TPSA) is 66.4 Å². The monoisotopic (exact) mass is 169 g/mol.